The van der Waals surface area contributed by atoms with Crippen molar-refractivity contribution in [2.45, 2.75) is 6.54 Å². The number of methoxy groups -OCH3 is 1. The predicted molar refractivity (Wildman–Crippen MR) is 107 cm³/mol. The van der Waals surface area contributed by atoms with Crippen LogP contribution in [-0.2, 0) is 6.54 Å². The predicted octanol–water partition coefficient (Wildman–Crippen LogP) is 4.22. The minimum atomic E-state index is 0.607. The third-order valence-corrected chi connectivity index (χ3v) is 5.27. The Bertz CT molecular complexity index is 907. The summed E-state index contributed by atoms with van der Waals surface area (Å²) >= 11 is 6.42. The van der Waals surface area contributed by atoms with Crippen LogP contribution in [0.15, 0.2) is 54.6 Å². The molecule has 0 radical (unpaired) electrons. The molecule has 0 unspecified atom stereocenters. The molecule has 0 N–H and O–H groups in total. The number of para-hydroxylation sites is 3. The van der Waals surface area contributed by atoms with Gasteiger partial charge in [0.2, 0.25) is 0 Å². The van der Waals surface area contributed by atoms with E-state index >= 15 is 0 Å². The molecule has 1 fully saturated rings. The van der Waals surface area contributed by atoms with Crippen LogP contribution in [0.1, 0.15) is 5.56 Å². The second-order valence-electron chi connectivity index (χ2n) is 6.57. The molecule has 5 heteroatoms. The third kappa shape index (κ3) is 3.48. The number of ether oxygens (including phenoxy) is 1. The van der Waals surface area contributed by atoms with E-state index in [1.54, 1.807) is 7.11 Å². The summed E-state index contributed by atoms with van der Waals surface area (Å²) in [5.74, 6) is 0.933. The number of hydrogen-bond donors (Lipinski definition) is 0. The van der Waals surface area contributed by atoms with Crippen molar-refractivity contribution in [3.63, 3.8) is 0 Å². The molecule has 4 rings (SSSR count). The van der Waals surface area contributed by atoms with E-state index in [2.05, 4.69) is 39.0 Å². The molecule has 2 heterocycles. The van der Waals surface area contributed by atoms with Crippen molar-refractivity contribution in [1.29, 1.82) is 0 Å². The summed E-state index contributed by atoms with van der Waals surface area (Å²) in [4.78, 5) is 9.36. The molecule has 26 heavy (non-hydrogen) atoms. The van der Waals surface area contributed by atoms with Crippen molar-refractivity contribution < 1.29 is 4.74 Å². The van der Waals surface area contributed by atoms with Crippen LogP contribution in [0.2, 0.25) is 5.15 Å². The molecule has 4 nitrogen and oxygen atoms in total. The lowest BCUT2D eigenvalue weighted by atomic mass is 10.1. The number of hydrogen-bond acceptors (Lipinski definition) is 4. The number of piperazine rings is 1. The Kier molecular flexibility index (Phi) is 4.96. The Hall–Kier alpha value is -2.30. The van der Waals surface area contributed by atoms with Crippen LogP contribution < -0.4 is 9.64 Å². The monoisotopic (exact) mass is 367 g/mol. The highest BCUT2D eigenvalue weighted by molar-refractivity contribution is 6.30. The van der Waals surface area contributed by atoms with E-state index in [1.165, 1.54) is 5.69 Å². The van der Waals surface area contributed by atoms with E-state index in [-0.39, 0.29) is 0 Å². The van der Waals surface area contributed by atoms with Gasteiger partial charge < -0.3 is 9.64 Å². The number of rotatable bonds is 4. The molecule has 0 amide bonds. The van der Waals surface area contributed by atoms with Crippen LogP contribution >= 0.6 is 11.6 Å². The zero-order valence-electron chi connectivity index (χ0n) is 14.9. The molecule has 1 aliphatic rings. The Morgan fingerprint density at radius 1 is 1.00 bits per heavy atom. The highest BCUT2D eigenvalue weighted by atomic mass is 35.5. The first-order valence-corrected chi connectivity index (χ1v) is 9.27. The maximum absolute atomic E-state index is 6.42. The maximum atomic E-state index is 6.42. The van der Waals surface area contributed by atoms with Gasteiger partial charge in [-0.15, -0.1) is 0 Å². The van der Waals surface area contributed by atoms with Crippen LogP contribution in [0.4, 0.5) is 5.69 Å². The fourth-order valence-electron chi connectivity index (χ4n) is 3.53. The van der Waals surface area contributed by atoms with Crippen molar-refractivity contribution >= 4 is 28.2 Å². The van der Waals surface area contributed by atoms with Gasteiger partial charge in [-0.2, -0.15) is 0 Å². The number of halogens is 1. The summed E-state index contributed by atoms with van der Waals surface area (Å²) in [6.07, 6.45) is 0. The molecule has 0 spiro atoms. The van der Waals surface area contributed by atoms with Crippen LogP contribution in [0.5, 0.6) is 5.75 Å². The Morgan fingerprint density at radius 3 is 2.54 bits per heavy atom. The zero-order valence-corrected chi connectivity index (χ0v) is 15.6. The van der Waals surface area contributed by atoms with Crippen LogP contribution in [0, 0.1) is 0 Å². The van der Waals surface area contributed by atoms with Crippen molar-refractivity contribution in [1.82, 2.24) is 9.88 Å². The number of fused-ring (bicyclic) bond motifs is 1. The first-order chi connectivity index (χ1) is 12.7. The van der Waals surface area contributed by atoms with Gasteiger partial charge in [-0.1, -0.05) is 41.9 Å². The van der Waals surface area contributed by atoms with Crippen LogP contribution in [0.25, 0.3) is 10.9 Å². The smallest absolute Gasteiger partial charge is 0.142 e. The average molecular weight is 368 g/mol. The third-order valence-electron chi connectivity index (χ3n) is 4.94. The number of nitrogens with zero attached hydrogens (tertiary/aromatic N) is 3. The molecule has 134 valence electrons. The van der Waals surface area contributed by atoms with E-state index in [4.69, 9.17) is 16.3 Å². The largest absolute Gasteiger partial charge is 0.495 e. The Labute approximate surface area is 159 Å². The molecule has 0 aliphatic carbocycles. The van der Waals surface area contributed by atoms with Crippen molar-refractivity contribution in [2.75, 3.05) is 38.2 Å². The van der Waals surface area contributed by atoms with Crippen LogP contribution in [-0.4, -0.2) is 43.2 Å². The van der Waals surface area contributed by atoms with Gasteiger partial charge in [-0.3, -0.25) is 4.90 Å². The minimum absolute atomic E-state index is 0.607. The Balaban J connectivity index is 1.45. The first kappa shape index (κ1) is 17.1. The van der Waals surface area contributed by atoms with Crippen molar-refractivity contribution in [3.8, 4) is 5.75 Å². The molecular weight excluding hydrogens is 346 g/mol. The van der Waals surface area contributed by atoms with E-state index in [0.29, 0.717) is 5.15 Å². The van der Waals surface area contributed by atoms with Gasteiger partial charge in [0.05, 0.1) is 18.3 Å². The van der Waals surface area contributed by atoms with Gasteiger partial charge >= 0.3 is 0 Å². The quantitative estimate of drug-likeness (QED) is 0.645. The summed E-state index contributed by atoms with van der Waals surface area (Å²) in [6, 6.07) is 18.5. The summed E-state index contributed by atoms with van der Waals surface area (Å²) < 4.78 is 5.50. The molecule has 0 saturated carbocycles. The van der Waals surface area contributed by atoms with Crippen LogP contribution in [0.3, 0.4) is 0 Å². The standard InChI is InChI=1S/C21H22ClN3O/c1-26-20-9-5-4-8-19(20)25-12-10-24(11-13-25)15-17-14-16-6-2-3-7-18(16)23-21(17)22/h2-9,14H,10-13,15H2,1H3. The molecule has 0 bridgehead atoms. The summed E-state index contributed by atoms with van der Waals surface area (Å²) in [6.45, 7) is 4.75. The molecular formula is C21H22ClN3O. The molecule has 1 aromatic heterocycles. The highest BCUT2D eigenvalue weighted by Crippen LogP contribution is 2.29. The van der Waals surface area contributed by atoms with E-state index in [1.807, 2.05) is 30.3 Å². The lowest BCUT2D eigenvalue weighted by Crippen LogP contribution is -2.46. The highest BCUT2D eigenvalue weighted by Gasteiger charge is 2.20. The molecule has 1 aliphatic heterocycles. The van der Waals surface area contributed by atoms with E-state index in [0.717, 1.165) is 54.9 Å². The second kappa shape index (κ2) is 7.52. The number of benzene rings is 2. The zero-order chi connectivity index (χ0) is 17.9. The number of anilines is 1. The van der Waals surface area contributed by atoms with Gasteiger partial charge in [0, 0.05) is 43.7 Å². The minimum Gasteiger partial charge on any atom is -0.495 e. The Morgan fingerprint density at radius 2 is 1.73 bits per heavy atom. The summed E-state index contributed by atoms with van der Waals surface area (Å²) in [7, 11) is 1.73. The fourth-order valence-corrected chi connectivity index (χ4v) is 3.73. The number of aromatic nitrogens is 1. The summed E-state index contributed by atoms with van der Waals surface area (Å²) in [5.41, 5.74) is 3.21. The van der Waals surface area contributed by atoms with E-state index < -0.39 is 0 Å². The average Bonchev–Trinajstić information content (AvgIpc) is 2.69. The topological polar surface area (TPSA) is 28.6 Å². The van der Waals surface area contributed by atoms with Crippen molar-refractivity contribution in [3.05, 3.63) is 65.3 Å². The SMILES string of the molecule is COc1ccccc1N1CCN(Cc2cc3ccccc3nc2Cl)CC1. The fraction of sp³-hybridized carbons (Fsp3) is 0.286. The van der Waals surface area contributed by atoms with Gasteiger partial charge in [0.25, 0.3) is 0 Å². The molecule has 2 aromatic carbocycles. The number of pyridine rings is 1. The maximum Gasteiger partial charge on any atom is 0.142 e. The van der Waals surface area contributed by atoms with Gasteiger partial charge in [0.1, 0.15) is 10.9 Å². The normalized spacial score (nSPS) is 15.4. The van der Waals surface area contributed by atoms with E-state index in [9.17, 15) is 0 Å². The first-order valence-electron chi connectivity index (χ1n) is 8.89. The van der Waals surface area contributed by atoms with Crippen molar-refractivity contribution in [2.24, 2.45) is 0 Å². The second-order valence-corrected chi connectivity index (χ2v) is 6.92. The molecule has 1 saturated heterocycles. The molecule has 0 atom stereocenters. The lowest BCUT2D eigenvalue weighted by molar-refractivity contribution is 0.249. The van der Waals surface area contributed by atoms with Gasteiger partial charge in [0.15, 0.2) is 0 Å². The van der Waals surface area contributed by atoms with Gasteiger partial charge in [-0.25, -0.2) is 4.98 Å². The lowest BCUT2D eigenvalue weighted by Gasteiger charge is -2.36. The molecule has 3 aromatic rings. The van der Waals surface area contributed by atoms with Gasteiger partial charge in [-0.05, 0) is 24.3 Å². The summed E-state index contributed by atoms with van der Waals surface area (Å²) in [5, 5.41) is 1.75.